The molecule has 0 amide bonds. The Morgan fingerprint density at radius 3 is 1.00 bits per heavy atom. The van der Waals surface area contributed by atoms with Crippen LogP contribution in [0.15, 0.2) is 121 Å². The first-order chi connectivity index (χ1) is 16.4. The molecule has 0 unspecified atom stereocenters. The molecule has 0 radical (unpaired) electrons. The Hall–Kier alpha value is -2.34. The van der Waals surface area contributed by atoms with Gasteiger partial charge >= 0.3 is 0 Å². The van der Waals surface area contributed by atoms with Crippen LogP contribution in [0.3, 0.4) is 0 Å². The highest BCUT2D eigenvalue weighted by Crippen LogP contribution is 2.41. The summed E-state index contributed by atoms with van der Waals surface area (Å²) in [7, 11) is -1.04. The predicted molar refractivity (Wildman–Crippen MR) is 142 cm³/mol. The molecule has 0 aliphatic carbocycles. The number of rotatable bonds is 8. The maximum absolute atomic E-state index is 6.22. The van der Waals surface area contributed by atoms with E-state index < -0.39 is 15.8 Å². The molecule has 0 saturated carbocycles. The molecule has 33 heavy (non-hydrogen) atoms. The SMILES string of the molecule is c1ccc(P(C[C@@H]2OCO[C@H]2CP(c2ccccc2)c2ccccc2)c2ccccc2)cc1. The van der Waals surface area contributed by atoms with E-state index in [0.29, 0.717) is 6.79 Å². The van der Waals surface area contributed by atoms with Gasteiger partial charge in [0.25, 0.3) is 0 Å². The molecule has 5 rings (SSSR count). The summed E-state index contributed by atoms with van der Waals surface area (Å²) in [6, 6.07) is 43.5. The third-order valence-corrected chi connectivity index (χ3v) is 11.1. The minimum absolute atomic E-state index is 0.0916. The van der Waals surface area contributed by atoms with Crippen LogP contribution >= 0.6 is 15.8 Å². The highest BCUT2D eigenvalue weighted by Gasteiger charge is 2.34. The van der Waals surface area contributed by atoms with Crippen LogP contribution < -0.4 is 21.2 Å². The van der Waals surface area contributed by atoms with Gasteiger partial charge in [-0.1, -0.05) is 121 Å². The normalized spacial score (nSPS) is 18.1. The van der Waals surface area contributed by atoms with E-state index >= 15 is 0 Å². The fraction of sp³-hybridized carbons (Fsp3) is 0.172. The van der Waals surface area contributed by atoms with Crippen LogP contribution in [-0.4, -0.2) is 31.3 Å². The Kier molecular flexibility index (Phi) is 7.61. The number of ether oxygens (including phenoxy) is 2. The summed E-state index contributed by atoms with van der Waals surface area (Å²) in [6.07, 6.45) is 2.13. The van der Waals surface area contributed by atoms with E-state index in [2.05, 4.69) is 121 Å². The van der Waals surface area contributed by atoms with Gasteiger partial charge in [0, 0.05) is 12.3 Å². The minimum atomic E-state index is -0.520. The molecule has 1 heterocycles. The van der Waals surface area contributed by atoms with Crippen LogP contribution in [0.25, 0.3) is 0 Å². The second-order valence-corrected chi connectivity index (χ2v) is 12.6. The van der Waals surface area contributed by atoms with Gasteiger partial charge in [-0.05, 0) is 37.1 Å². The lowest BCUT2D eigenvalue weighted by atomic mass is 10.3. The van der Waals surface area contributed by atoms with E-state index in [9.17, 15) is 0 Å². The van der Waals surface area contributed by atoms with Crippen molar-refractivity contribution < 1.29 is 9.47 Å². The van der Waals surface area contributed by atoms with Gasteiger partial charge in [0.05, 0.1) is 12.2 Å². The summed E-state index contributed by atoms with van der Waals surface area (Å²) in [4.78, 5) is 0. The molecule has 1 aliphatic rings. The second-order valence-electron chi connectivity index (χ2n) is 8.09. The Labute approximate surface area is 199 Å². The van der Waals surface area contributed by atoms with Gasteiger partial charge in [-0.2, -0.15) is 0 Å². The van der Waals surface area contributed by atoms with Crippen LogP contribution in [0.2, 0.25) is 0 Å². The first-order valence-corrected chi connectivity index (χ1v) is 14.4. The molecule has 2 nitrogen and oxygen atoms in total. The second kappa shape index (κ2) is 11.2. The molecule has 1 fully saturated rings. The summed E-state index contributed by atoms with van der Waals surface area (Å²) >= 11 is 0. The summed E-state index contributed by atoms with van der Waals surface area (Å²) < 4.78 is 12.4. The summed E-state index contributed by atoms with van der Waals surface area (Å²) in [5, 5.41) is 5.56. The zero-order chi connectivity index (χ0) is 22.3. The quantitative estimate of drug-likeness (QED) is 0.338. The zero-order valence-corrected chi connectivity index (χ0v) is 20.3. The van der Waals surface area contributed by atoms with Crippen LogP contribution in [0.4, 0.5) is 0 Å². The number of hydrogen-bond acceptors (Lipinski definition) is 2. The van der Waals surface area contributed by atoms with E-state index in [1.54, 1.807) is 0 Å². The van der Waals surface area contributed by atoms with Crippen LogP contribution in [0, 0.1) is 0 Å². The van der Waals surface area contributed by atoms with Gasteiger partial charge in [0.15, 0.2) is 0 Å². The highest BCUT2D eigenvalue weighted by molar-refractivity contribution is 7.73. The molecule has 0 aromatic heterocycles. The molecular formula is C29H28O2P2. The Morgan fingerprint density at radius 2 is 0.727 bits per heavy atom. The van der Waals surface area contributed by atoms with Gasteiger partial charge in [0.2, 0.25) is 0 Å². The third kappa shape index (κ3) is 5.60. The van der Waals surface area contributed by atoms with Crippen LogP contribution in [-0.2, 0) is 9.47 Å². The minimum Gasteiger partial charge on any atom is -0.349 e. The molecule has 4 heteroatoms. The Morgan fingerprint density at radius 1 is 0.455 bits per heavy atom. The molecule has 166 valence electrons. The smallest absolute Gasteiger partial charge is 0.147 e. The molecule has 1 aliphatic heterocycles. The van der Waals surface area contributed by atoms with Crippen molar-refractivity contribution in [2.75, 3.05) is 19.1 Å². The van der Waals surface area contributed by atoms with Crippen molar-refractivity contribution in [2.24, 2.45) is 0 Å². The number of hydrogen-bond donors (Lipinski definition) is 0. The van der Waals surface area contributed by atoms with Gasteiger partial charge in [-0.3, -0.25) is 0 Å². The van der Waals surface area contributed by atoms with Crippen molar-refractivity contribution in [2.45, 2.75) is 12.2 Å². The fourth-order valence-electron chi connectivity index (χ4n) is 4.28. The maximum Gasteiger partial charge on any atom is 0.147 e. The molecular weight excluding hydrogens is 442 g/mol. The molecule has 0 spiro atoms. The van der Waals surface area contributed by atoms with Crippen molar-refractivity contribution in [3.8, 4) is 0 Å². The average Bonchev–Trinajstić information content (AvgIpc) is 3.34. The standard InChI is InChI=1S/C29H28O2P2/c1-5-13-24(14-6-1)32(25-15-7-2-8-16-25)21-28-29(31-23-30-28)22-33(26-17-9-3-10-18-26)27-19-11-4-12-20-27/h1-20,28-29H,21-23H2/t28-,29-/m0/s1. The van der Waals surface area contributed by atoms with E-state index in [-0.39, 0.29) is 12.2 Å². The van der Waals surface area contributed by atoms with Crippen molar-refractivity contribution in [1.29, 1.82) is 0 Å². The first kappa shape index (κ1) is 22.5. The van der Waals surface area contributed by atoms with Crippen LogP contribution in [0.5, 0.6) is 0 Å². The summed E-state index contributed by atoms with van der Waals surface area (Å²) in [5.41, 5.74) is 0. The molecule has 4 aromatic rings. The monoisotopic (exact) mass is 470 g/mol. The average molecular weight is 470 g/mol. The van der Waals surface area contributed by atoms with Crippen molar-refractivity contribution in [3.05, 3.63) is 121 Å². The van der Waals surface area contributed by atoms with Crippen LogP contribution in [0.1, 0.15) is 0 Å². The molecule has 1 saturated heterocycles. The van der Waals surface area contributed by atoms with Gasteiger partial charge < -0.3 is 9.47 Å². The predicted octanol–water partition coefficient (Wildman–Crippen LogP) is 4.99. The lowest BCUT2D eigenvalue weighted by Gasteiger charge is -2.27. The highest BCUT2D eigenvalue weighted by atomic mass is 31.1. The molecule has 0 bridgehead atoms. The summed E-state index contributed by atoms with van der Waals surface area (Å²) in [6.45, 7) is 0.384. The fourth-order valence-corrected chi connectivity index (χ4v) is 9.25. The maximum atomic E-state index is 6.22. The van der Waals surface area contributed by atoms with E-state index in [1.807, 2.05) is 0 Å². The Balaban J connectivity index is 1.40. The first-order valence-electron chi connectivity index (χ1n) is 11.4. The van der Waals surface area contributed by atoms with Gasteiger partial charge in [-0.25, -0.2) is 0 Å². The third-order valence-electron chi connectivity index (χ3n) is 5.98. The van der Waals surface area contributed by atoms with E-state index in [0.717, 1.165) is 12.3 Å². The van der Waals surface area contributed by atoms with E-state index in [1.165, 1.54) is 21.2 Å². The lowest BCUT2D eigenvalue weighted by molar-refractivity contribution is 0.0442. The number of benzene rings is 4. The molecule has 2 atom stereocenters. The van der Waals surface area contributed by atoms with Gasteiger partial charge in [-0.15, -0.1) is 0 Å². The van der Waals surface area contributed by atoms with E-state index in [4.69, 9.17) is 9.47 Å². The van der Waals surface area contributed by atoms with Crippen molar-refractivity contribution in [1.82, 2.24) is 0 Å². The Bertz CT molecular complexity index is 937. The lowest BCUT2D eigenvalue weighted by Crippen LogP contribution is -2.33. The van der Waals surface area contributed by atoms with Gasteiger partial charge in [0.1, 0.15) is 6.79 Å². The largest absolute Gasteiger partial charge is 0.349 e. The molecule has 0 N–H and O–H groups in total. The van der Waals surface area contributed by atoms with Crippen molar-refractivity contribution >= 4 is 37.1 Å². The van der Waals surface area contributed by atoms with Crippen molar-refractivity contribution in [3.63, 3.8) is 0 Å². The summed E-state index contributed by atoms with van der Waals surface area (Å²) in [5.74, 6) is 0. The zero-order valence-electron chi connectivity index (χ0n) is 18.5. The topological polar surface area (TPSA) is 18.5 Å². The molecule has 4 aromatic carbocycles.